The maximum absolute atomic E-state index is 12.5. The van der Waals surface area contributed by atoms with Crippen molar-refractivity contribution in [1.29, 1.82) is 0 Å². The number of fused-ring (bicyclic) bond motifs is 1. The molecule has 2 heterocycles. The van der Waals surface area contributed by atoms with Gasteiger partial charge in [0.05, 0.1) is 11.3 Å². The topological polar surface area (TPSA) is 43.3 Å². The summed E-state index contributed by atoms with van der Waals surface area (Å²) < 4.78 is 39.0. The van der Waals surface area contributed by atoms with Crippen molar-refractivity contribution in [3.8, 4) is 0 Å². The second-order valence-electron chi connectivity index (χ2n) is 4.09. The molecule has 6 heteroatoms. The first-order valence-corrected chi connectivity index (χ1v) is 5.16. The molecule has 0 saturated carbocycles. The highest BCUT2D eigenvalue weighted by atomic mass is 19.4. The van der Waals surface area contributed by atoms with E-state index in [1.54, 1.807) is 10.6 Å². The predicted octanol–water partition coefficient (Wildman–Crippen LogP) is 2.24. The molecule has 0 saturated heterocycles. The molecule has 2 N–H and O–H groups in total. The third kappa shape index (κ3) is 2.58. The van der Waals surface area contributed by atoms with E-state index in [1.807, 2.05) is 6.92 Å². The maximum atomic E-state index is 12.5. The van der Waals surface area contributed by atoms with Crippen LogP contribution < -0.4 is 5.73 Å². The minimum atomic E-state index is -4.34. The van der Waals surface area contributed by atoms with Crippen molar-refractivity contribution in [2.75, 3.05) is 0 Å². The van der Waals surface area contributed by atoms with E-state index in [0.29, 0.717) is 12.1 Å². The van der Waals surface area contributed by atoms with Gasteiger partial charge in [-0.05, 0) is 19.1 Å². The third-order valence-corrected chi connectivity index (χ3v) is 2.37. The van der Waals surface area contributed by atoms with Gasteiger partial charge in [0, 0.05) is 24.9 Å². The van der Waals surface area contributed by atoms with Crippen molar-refractivity contribution in [3.05, 3.63) is 35.8 Å². The van der Waals surface area contributed by atoms with Crippen LogP contribution in [0.2, 0.25) is 0 Å². The van der Waals surface area contributed by atoms with Crippen molar-refractivity contribution in [1.82, 2.24) is 9.38 Å². The molecule has 0 bridgehead atoms. The Morgan fingerprint density at radius 1 is 1.47 bits per heavy atom. The molecular weight excluding hydrogens is 231 g/mol. The van der Waals surface area contributed by atoms with Crippen LogP contribution in [-0.4, -0.2) is 15.4 Å². The molecule has 0 aliphatic rings. The average molecular weight is 243 g/mol. The molecule has 0 fully saturated rings. The van der Waals surface area contributed by atoms with Crippen LogP contribution in [0.15, 0.2) is 24.5 Å². The Kier molecular flexibility index (Phi) is 2.82. The Bertz CT molecular complexity index is 528. The van der Waals surface area contributed by atoms with Crippen LogP contribution in [0.25, 0.3) is 5.65 Å². The number of alkyl halides is 3. The van der Waals surface area contributed by atoms with Crippen molar-refractivity contribution in [2.24, 2.45) is 5.73 Å². The summed E-state index contributed by atoms with van der Waals surface area (Å²) in [6, 6.07) is 2.00. The fourth-order valence-corrected chi connectivity index (χ4v) is 1.64. The smallest absolute Gasteiger partial charge is 0.328 e. The van der Waals surface area contributed by atoms with E-state index < -0.39 is 11.7 Å². The number of imidazole rings is 1. The maximum Gasteiger partial charge on any atom is 0.416 e. The SMILES string of the molecule is CC(N)Cc1cn2ccc(C(F)(F)F)cc2n1. The highest BCUT2D eigenvalue weighted by Crippen LogP contribution is 2.29. The zero-order chi connectivity index (χ0) is 12.6. The van der Waals surface area contributed by atoms with Crippen LogP contribution in [0.5, 0.6) is 0 Å². The van der Waals surface area contributed by atoms with Crippen LogP contribution in [0.1, 0.15) is 18.2 Å². The van der Waals surface area contributed by atoms with Crippen molar-refractivity contribution >= 4 is 5.65 Å². The van der Waals surface area contributed by atoms with Crippen molar-refractivity contribution < 1.29 is 13.2 Å². The van der Waals surface area contributed by atoms with Gasteiger partial charge in [-0.1, -0.05) is 0 Å². The van der Waals surface area contributed by atoms with Gasteiger partial charge in [-0.25, -0.2) is 4.98 Å². The van der Waals surface area contributed by atoms with Gasteiger partial charge in [-0.15, -0.1) is 0 Å². The van der Waals surface area contributed by atoms with E-state index in [-0.39, 0.29) is 11.7 Å². The Hall–Kier alpha value is -1.56. The summed E-state index contributed by atoms with van der Waals surface area (Å²) in [5, 5.41) is 0. The zero-order valence-corrected chi connectivity index (χ0v) is 9.20. The standard InChI is InChI=1S/C11H12F3N3/c1-7(15)4-9-6-17-3-2-8(11(12,13)14)5-10(17)16-9/h2-3,5-7H,4,15H2,1H3. The number of rotatable bonds is 2. The molecular formula is C11H12F3N3. The lowest BCUT2D eigenvalue weighted by Gasteiger charge is -2.05. The van der Waals surface area contributed by atoms with E-state index in [1.165, 1.54) is 6.20 Å². The lowest BCUT2D eigenvalue weighted by atomic mass is 10.2. The van der Waals surface area contributed by atoms with Gasteiger partial charge in [0.25, 0.3) is 0 Å². The lowest BCUT2D eigenvalue weighted by Crippen LogP contribution is -2.17. The number of aromatic nitrogens is 2. The van der Waals surface area contributed by atoms with Crippen molar-refractivity contribution in [2.45, 2.75) is 25.6 Å². The largest absolute Gasteiger partial charge is 0.416 e. The molecule has 2 rings (SSSR count). The summed E-state index contributed by atoms with van der Waals surface area (Å²) in [5.41, 5.74) is 5.91. The highest BCUT2D eigenvalue weighted by Gasteiger charge is 2.30. The number of nitrogens with two attached hydrogens (primary N) is 1. The van der Waals surface area contributed by atoms with Gasteiger partial charge in [0.15, 0.2) is 0 Å². The van der Waals surface area contributed by atoms with Crippen molar-refractivity contribution in [3.63, 3.8) is 0 Å². The lowest BCUT2D eigenvalue weighted by molar-refractivity contribution is -0.137. The first-order chi connectivity index (χ1) is 7.86. The summed E-state index contributed by atoms with van der Waals surface area (Å²) in [4.78, 5) is 4.11. The molecule has 0 aromatic carbocycles. The fraction of sp³-hybridized carbons (Fsp3) is 0.364. The number of nitrogens with zero attached hydrogens (tertiary/aromatic N) is 2. The molecule has 92 valence electrons. The molecule has 0 amide bonds. The summed E-state index contributed by atoms with van der Waals surface area (Å²) >= 11 is 0. The third-order valence-electron chi connectivity index (χ3n) is 2.37. The molecule has 3 nitrogen and oxygen atoms in total. The average Bonchev–Trinajstić information content (AvgIpc) is 2.55. The molecule has 1 atom stereocenters. The highest BCUT2D eigenvalue weighted by molar-refractivity contribution is 5.43. The van der Waals surface area contributed by atoms with Crippen LogP contribution in [0.3, 0.4) is 0 Å². The molecule has 0 spiro atoms. The van der Waals surface area contributed by atoms with Gasteiger partial charge in [0.2, 0.25) is 0 Å². The quantitative estimate of drug-likeness (QED) is 0.879. The second kappa shape index (κ2) is 4.03. The second-order valence-corrected chi connectivity index (χ2v) is 4.09. The Balaban J connectivity index is 2.41. The van der Waals surface area contributed by atoms with Gasteiger partial charge in [0.1, 0.15) is 5.65 Å². The molecule has 0 aliphatic heterocycles. The summed E-state index contributed by atoms with van der Waals surface area (Å²) in [6.07, 6.45) is -0.743. The summed E-state index contributed by atoms with van der Waals surface area (Å²) in [5.74, 6) is 0. The Morgan fingerprint density at radius 2 is 2.18 bits per heavy atom. The van der Waals surface area contributed by atoms with E-state index in [0.717, 1.165) is 12.1 Å². The van der Waals surface area contributed by atoms with Gasteiger partial charge in [-0.2, -0.15) is 13.2 Å². The predicted molar refractivity (Wildman–Crippen MR) is 57.5 cm³/mol. The minimum Gasteiger partial charge on any atom is -0.328 e. The summed E-state index contributed by atoms with van der Waals surface area (Å²) in [6.45, 7) is 1.82. The summed E-state index contributed by atoms with van der Waals surface area (Å²) in [7, 11) is 0. The van der Waals surface area contributed by atoms with Crippen LogP contribution >= 0.6 is 0 Å². The normalized spacial score (nSPS) is 14.2. The first-order valence-electron chi connectivity index (χ1n) is 5.16. The van der Waals surface area contributed by atoms with Crippen LogP contribution in [0, 0.1) is 0 Å². The van der Waals surface area contributed by atoms with Gasteiger partial charge >= 0.3 is 6.18 Å². The fourth-order valence-electron chi connectivity index (χ4n) is 1.64. The molecule has 0 aliphatic carbocycles. The van der Waals surface area contributed by atoms with Crippen LogP contribution in [-0.2, 0) is 12.6 Å². The molecule has 17 heavy (non-hydrogen) atoms. The zero-order valence-electron chi connectivity index (χ0n) is 9.20. The van der Waals surface area contributed by atoms with Gasteiger partial charge in [-0.3, -0.25) is 0 Å². The van der Waals surface area contributed by atoms with Gasteiger partial charge < -0.3 is 10.1 Å². The number of hydrogen-bond acceptors (Lipinski definition) is 2. The Labute approximate surface area is 96.1 Å². The first kappa shape index (κ1) is 11.9. The molecule has 0 radical (unpaired) electrons. The van der Waals surface area contributed by atoms with E-state index in [9.17, 15) is 13.2 Å². The van der Waals surface area contributed by atoms with E-state index in [4.69, 9.17) is 5.73 Å². The number of hydrogen-bond donors (Lipinski definition) is 1. The number of pyridine rings is 1. The number of halogens is 3. The molecule has 2 aromatic heterocycles. The molecule has 1 unspecified atom stereocenters. The Morgan fingerprint density at radius 3 is 2.76 bits per heavy atom. The van der Waals surface area contributed by atoms with E-state index >= 15 is 0 Å². The molecule has 2 aromatic rings. The monoisotopic (exact) mass is 243 g/mol. The minimum absolute atomic E-state index is 0.0676. The van der Waals surface area contributed by atoms with Crippen LogP contribution in [0.4, 0.5) is 13.2 Å². The van der Waals surface area contributed by atoms with E-state index in [2.05, 4.69) is 4.98 Å².